The topological polar surface area (TPSA) is 103 Å². The lowest BCUT2D eigenvalue weighted by Crippen LogP contribution is -2.04. The minimum absolute atomic E-state index is 0.0211. The molecule has 1 aromatic carbocycles. The summed E-state index contributed by atoms with van der Waals surface area (Å²) in [5.74, 6) is 0. The highest BCUT2D eigenvalue weighted by Crippen LogP contribution is 2.39. The van der Waals surface area contributed by atoms with Gasteiger partial charge >= 0.3 is 5.69 Å². The molecule has 9 heteroatoms. The lowest BCUT2D eigenvalue weighted by Gasteiger charge is -2.04. The van der Waals surface area contributed by atoms with Gasteiger partial charge in [0.2, 0.25) is 0 Å². The number of nitrogens with zero attached hydrogens (tertiary/aromatic N) is 2. The van der Waals surface area contributed by atoms with E-state index in [-0.39, 0.29) is 5.56 Å². The summed E-state index contributed by atoms with van der Waals surface area (Å²) >= 11 is 10.7. The van der Waals surface area contributed by atoms with Crippen molar-refractivity contribution < 1.29 is 14.6 Å². The van der Waals surface area contributed by atoms with Crippen molar-refractivity contribution in [2.75, 3.05) is 0 Å². The highest BCUT2D eigenvalue weighted by atomic mass is 35.5. The van der Waals surface area contributed by atoms with E-state index < -0.39 is 37.0 Å². The molecule has 1 aromatic rings. The van der Waals surface area contributed by atoms with Crippen molar-refractivity contribution in [3.05, 3.63) is 42.4 Å². The van der Waals surface area contributed by atoms with Crippen molar-refractivity contribution in [3.63, 3.8) is 0 Å². The minimum atomic E-state index is -1.09. The molecule has 0 bridgehead atoms. The van der Waals surface area contributed by atoms with E-state index in [0.717, 1.165) is 6.07 Å². The molecule has 90 valence electrons. The third-order valence-corrected chi connectivity index (χ3v) is 2.55. The maximum absolute atomic E-state index is 11.1. The van der Waals surface area contributed by atoms with Gasteiger partial charge in [0, 0.05) is 6.07 Å². The predicted molar refractivity (Wildman–Crippen MR) is 59.7 cm³/mol. The first-order valence-corrected chi connectivity index (χ1v) is 4.84. The van der Waals surface area contributed by atoms with Crippen LogP contribution in [0.4, 0.5) is 11.4 Å². The maximum atomic E-state index is 11.1. The van der Waals surface area contributed by atoms with E-state index in [2.05, 4.69) is 0 Å². The molecule has 0 aliphatic carbocycles. The number of nitro benzene ring substituents is 2. The zero-order chi connectivity index (χ0) is 13.3. The molecule has 0 aliphatic heterocycles. The van der Waals surface area contributed by atoms with Crippen LogP contribution in [0.2, 0.25) is 5.02 Å². The van der Waals surface area contributed by atoms with E-state index in [4.69, 9.17) is 23.2 Å². The van der Waals surface area contributed by atoms with Gasteiger partial charge < -0.3 is 0 Å². The highest BCUT2D eigenvalue weighted by Gasteiger charge is 2.32. The number of aryl methyl sites for hydroxylation is 1. The van der Waals surface area contributed by atoms with E-state index in [1.807, 2.05) is 0 Å². The summed E-state index contributed by atoms with van der Waals surface area (Å²) in [5, 5.41) is 19.6. The molecule has 0 amide bonds. The molecule has 0 radical (unpaired) electrons. The fraction of sp³-hybridized carbons (Fsp3) is 0.125. The van der Waals surface area contributed by atoms with Crippen molar-refractivity contribution in [2.45, 2.75) is 6.92 Å². The maximum Gasteiger partial charge on any atom is 0.307 e. The number of carbonyl (C=O) groups excluding carboxylic acids is 1. The van der Waals surface area contributed by atoms with Gasteiger partial charge in [0.05, 0.1) is 9.85 Å². The second-order valence-corrected chi connectivity index (χ2v) is 3.76. The van der Waals surface area contributed by atoms with Gasteiger partial charge in [-0.2, -0.15) is 0 Å². The van der Waals surface area contributed by atoms with E-state index >= 15 is 0 Å². The lowest BCUT2D eigenvalue weighted by atomic mass is 10.1. The van der Waals surface area contributed by atoms with Crippen LogP contribution in [0.5, 0.6) is 0 Å². The van der Waals surface area contributed by atoms with Gasteiger partial charge in [0.15, 0.2) is 5.02 Å². The summed E-state index contributed by atoms with van der Waals surface area (Å²) in [6.45, 7) is 1.30. The summed E-state index contributed by atoms with van der Waals surface area (Å²) in [6, 6.07) is 0.963. The number of nitro groups is 2. The van der Waals surface area contributed by atoms with Crippen molar-refractivity contribution in [3.8, 4) is 0 Å². The standard InChI is InChI=1S/C8H4Cl2N2O5/c1-3-2-4(11(14)15)6(9)7(12(16)17)5(3)8(10)13/h2H,1H3. The molecular weight excluding hydrogens is 275 g/mol. The molecule has 7 nitrogen and oxygen atoms in total. The number of rotatable bonds is 3. The molecule has 0 aromatic heterocycles. The van der Waals surface area contributed by atoms with Crippen molar-refractivity contribution >= 4 is 39.8 Å². The molecule has 0 fully saturated rings. The Labute approximate surface area is 104 Å². The van der Waals surface area contributed by atoms with Gasteiger partial charge in [-0.15, -0.1) is 0 Å². The first-order chi connectivity index (χ1) is 7.77. The van der Waals surface area contributed by atoms with Crippen LogP contribution in [0, 0.1) is 27.2 Å². The van der Waals surface area contributed by atoms with Gasteiger partial charge in [-0.25, -0.2) is 0 Å². The molecule has 0 saturated carbocycles. The molecule has 0 unspecified atom stereocenters. The van der Waals surface area contributed by atoms with Gasteiger partial charge in [-0.1, -0.05) is 11.6 Å². The number of carbonyl (C=O) groups is 1. The Bertz CT molecular complexity index is 543. The molecule has 0 spiro atoms. The highest BCUT2D eigenvalue weighted by molar-refractivity contribution is 6.68. The van der Waals surface area contributed by atoms with Crippen molar-refractivity contribution in [1.82, 2.24) is 0 Å². The molecule has 0 heterocycles. The predicted octanol–water partition coefficient (Wildman–Crippen LogP) is 2.84. The quantitative estimate of drug-likeness (QED) is 0.480. The van der Waals surface area contributed by atoms with Gasteiger partial charge in [-0.05, 0) is 24.1 Å². The monoisotopic (exact) mass is 278 g/mol. The van der Waals surface area contributed by atoms with E-state index in [0.29, 0.717) is 0 Å². The summed E-state index contributed by atoms with van der Waals surface area (Å²) in [6.07, 6.45) is 0. The molecular formula is C8H4Cl2N2O5. The average Bonchev–Trinajstić information content (AvgIpc) is 2.18. The second kappa shape index (κ2) is 4.64. The summed E-state index contributed by atoms with van der Waals surface area (Å²) < 4.78 is 0. The normalized spacial score (nSPS) is 10.1. The Morgan fingerprint density at radius 2 is 1.82 bits per heavy atom. The summed E-state index contributed by atoms with van der Waals surface area (Å²) in [7, 11) is 0. The van der Waals surface area contributed by atoms with Crippen LogP contribution in [-0.4, -0.2) is 15.1 Å². The van der Waals surface area contributed by atoms with Gasteiger partial charge in [0.25, 0.3) is 10.9 Å². The lowest BCUT2D eigenvalue weighted by molar-refractivity contribution is -0.394. The largest absolute Gasteiger partial charge is 0.307 e. The Kier molecular flexibility index (Phi) is 3.64. The zero-order valence-corrected chi connectivity index (χ0v) is 9.78. The molecule has 0 N–H and O–H groups in total. The first kappa shape index (κ1) is 13.3. The van der Waals surface area contributed by atoms with E-state index in [9.17, 15) is 25.0 Å². The van der Waals surface area contributed by atoms with Crippen LogP contribution in [0.3, 0.4) is 0 Å². The first-order valence-electron chi connectivity index (χ1n) is 4.09. The van der Waals surface area contributed by atoms with Gasteiger partial charge in [-0.3, -0.25) is 25.0 Å². The zero-order valence-electron chi connectivity index (χ0n) is 8.27. The summed E-state index contributed by atoms with van der Waals surface area (Å²) in [4.78, 5) is 30.6. The Morgan fingerprint density at radius 1 is 1.29 bits per heavy atom. The van der Waals surface area contributed by atoms with Gasteiger partial charge in [0.1, 0.15) is 5.56 Å². The number of benzene rings is 1. The smallest absolute Gasteiger partial charge is 0.275 e. The fourth-order valence-electron chi connectivity index (χ4n) is 1.31. The average molecular weight is 279 g/mol. The molecule has 0 aliphatic rings. The van der Waals surface area contributed by atoms with Crippen molar-refractivity contribution in [1.29, 1.82) is 0 Å². The summed E-state index contributed by atoms with van der Waals surface area (Å²) in [5.41, 5.74) is -1.91. The van der Waals surface area contributed by atoms with Crippen LogP contribution in [0.25, 0.3) is 0 Å². The SMILES string of the molecule is Cc1cc([N+](=O)[O-])c(Cl)c([N+](=O)[O-])c1C(=O)Cl. The van der Waals surface area contributed by atoms with Crippen LogP contribution >= 0.6 is 23.2 Å². The third kappa shape index (κ3) is 2.34. The fourth-order valence-corrected chi connectivity index (χ4v) is 1.84. The molecule has 0 atom stereocenters. The Balaban J connectivity index is 3.78. The van der Waals surface area contributed by atoms with Crippen LogP contribution in [-0.2, 0) is 0 Å². The van der Waals surface area contributed by atoms with E-state index in [1.54, 1.807) is 0 Å². The number of halogens is 2. The Morgan fingerprint density at radius 3 is 2.18 bits per heavy atom. The van der Waals surface area contributed by atoms with E-state index in [1.165, 1.54) is 6.92 Å². The number of hydrogen-bond donors (Lipinski definition) is 0. The third-order valence-electron chi connectivity index (χ3n) is 1.99. The van der Waals surface area contributed by atoms with Crippen LogP contribution < -0.4 is 0 Å². The van der Waals surface area contributed by atoms with Crippen molar-refractivity contribution in [2.24, 2.45) is 0 Å². The molecule has 0 saturated heterocycles. The number of hydrogen-bond acceptors (Lipinski definition) is 5. The Hall–Kier alpha value is -1.73. The van der Waals surface area contributed by atoms with Crippen LogP contribution in [0.1, 0.15) is 15.9 Å². The molecule has 1 rings (SSSR count). The van der Waals surface area contributed by atoms with Crippen LogP contribution in [0.15, 0.2) is 6.07 Å². The molecule has 17 heavy (non-hydrogen) atoms. The second-order valence-electron chi connectivity index (χ2n) is 3.04. The minimum Gasteiger partial charge on any atom is -0.275 e.